The molecule has 1 aromatic heterocycles. The normalized spacial score (nSPS) is 15.4. The van der Waals surface area contributed by atoms with Gasteiger partial charge in [-0.25, -0.2) is 0 Å². The van der Waals surface area contributed by atoms with Gasteiger partial charge in [-0.15, -0.1) is 0 Å². The van der Waals surface area contributed by atoms with E-state index in [2.05, 4.69) is 5.32 Å². The van der Waals surface area contributed by atoms with Gasteiger partial charge in [-0.2, -0.15) is 0 Å². The van der Waals surface area contributed by atoms with Crippen molar-refractivity contribution in [2.45, 2.75) is 13.8 Å². The number of hydrogen-bond donors (Lipinski definition) is 1. The highest BCUT2D eigenvalue weighted by Gasteiger charge is 2.34. The smallest absolute Gasteiger partial charge is 0.270 e. The second-order valence-corrected chi connectivity index (χ2v) is 7.61. The predicted molar refractivity (Wildman–Crippen MR) is 124 cm³/mol. The molecule has 2 aromatic carbocycles. The van der Waals surface area contributed by atoms with E-state index in [-0.39, 0.29) is 10.7 Å². The van der Waals surface area contributed by atoms with Crippen LogP contribution in [-0.2, 0) is 9.59 Å². The van der Waals surface area contributed by atoms with Crippen LogP contribution in [0.25, 0.3) is 11.8 Å². The van der Waals surface area contributed by atoms with Crippen molar-refractivity contribution >= 4 is 40.9 Å². The Hall–Kier alpha value is -3.71. The van der Waals surface area contributed by atoms with Crippen molar-refractivity contribution in [3.63, 3.8) is 0 Å². The Kier molecular flexibility index (Phi) is 5.44. The van der Waals surface area contributed by atoms with E-state index in [1.807, 2.05) is 66.9 Å². The number of thiocarbonyl (C=S) groups is 1. The number of anilines is 1. The summed E-state index contributed by atoms with van der Waals surface area (Å²) in [5, 5.41) is 2.70. The Balaban J connectivity index is 1.75. The Bertz CT molecular complexity index is 1210. The van der Waals surface area contributed by atoms with Crippen LogP contribution in [0.2, 0.25) is 0 Å². The zero-order valence-electron chi connectivity index (χ0n) is 17.4. The van der Waals surface area contributed by atoms with Gasteiger partial charge in [-0.1, -0.05) is 17.7 Å². The number of aromatic nitrogens is 1. The lowest BCUT2D eigenvalue weighted by atomic mass is 10.1. The fourth-order valence-corrected chi connectivity index (χ4v) is 3.77. The minimum Gasteiger partial charge on any atom is -0.497 e. The first-order valence-electron chi connectivity index (χ1n) is 9.70. The van der Waals surface area contributed by atoms with E-state index >= 15 is 0 Å². The van der Waals surface area contributed by atoms with Gasteiger partial charge in [0.15, 0.2) is 5.11 Å². The zero-order valence-corrected chi connectivity index (χ0v) is 18.2. The zero-order chi connectivity index (χ0) is 22.1. The van der Waals surface area contributed by atoms with Gasteiger partial charge in [0.2, 0.25) is 0 Å². The number of hydrogen-bond acceptors (Lipinski definition) is 4. The van der Waals surface area contributed by atoms with Crippen molar-refractivity contribution in [3.8, 4) is 11.4 Å². The Morgan fingerprint density at radius 2 is 1.55 bits per heavy atom. The van der Waals surface area contributed by atoms with Crippen LogP contribution in [0.5, 0.6) is 5.75 Å². The van der Waals surface area contributed by atoms with Crippen LogP contribution in [-0.4, -0.2) is 28.6 Å². The summed E-state index contributed by atoms with van der Waals surface area (Å²) in [6.45, 7) is 3.92. The number of carbonyl (C=O) groups is 2. The highest BCUT2D eigenvalue weighted by molar-refractivity contribution is 7.80. The first-order chi connectivity index (χ1) is 14.9. The van der Waals surface area contributed by atoms with E-state index in [4.69, 9.17) is 17.0 Å². The summed E-state index contributed by atoms with van der Waals surface area (Å²) in [5.74, 6) is -0.228. The molecule has 1 saturated heterocycles. The van der Waals surface area contributed by atoms with Gasteiger partial charge in [0.1, 0.15) is 11.3 Å². The molecule has 0 bridgehead atoms. The predicted octanol–water partition coefficient (Wildman–Crippen LogP) is 3.93. The van der Waals surface area contributed by atoms with E-state index in [1.165, 1.54) is 4.90 Å². The minimum absolute atomic E-state index is 0.0158. The molecule has 1 fully saturated rings. The number of ether oxygens (including phenoxy) is 1. The monoisotopic (exact) mass is 431 g/mol. The van der Waals surface area contributed by atoms with E-state index in [9.17, 15) is 9.59 Å². The highest BCUT2D eigenvalue weighted by atomic mass is 32.1. The van der Waals surface area contributed by atoms with E-state index < -0.39 is 11.8 Å². The van der Waals surface area contributed by atoms with Gasteiger partial charge < -0.3 is 9.30 Å². The third kappa shape index (κ3) is 3.87. The largest absolute Gasteiger partial charge is 0.497 e. The maximum absolute atomic E-state index is 13.3. The second kappa shape index (κ2) is 8.20. The van der Waals surface area contributed by atoms with Crippen molar-refractivity contribution in [1.29, 1.82) is 0 Å². The summed E-state index contributed by atoms with van der Waals surface area (Å²) in [5.41, 5.74) is 4.25. The molecule has 7 heteroatoms. The molecule has 0 radical (unpaired) electrons. The van der Waals surface area contributed by atoms with Crippen molar-refractivity contribution in [2.24, 2.45) is 0 Å². The third-order valence-electron chi connectivity index (χ3n) is 5.12. The number of rotatable bonds is 4. The number of benzene rings is 2. The number of amides is 2. The van der Waals surface area contributed by atoms with Gasteiger partial charge >= 0.3 is 0 Å². The summed E-state index contributed by atoms with van der Waals surface area (Å²) in [6, 6.07) is 18.8. The van der Waals surface area contributed by atoms with Crippen molar-refractivity contribution in [3.05, 3.63) is 83.2 Å². The molecule has 1 N–H and O–H groups in total. The van der Waals surface area contributed by atoms with E-state index in [0.717, 1.165) is 22.7 Å². The Morgan fingerprint density at radius 3 is 2.19 bits per heavy atom. The molecule has 0 spiro atoms. The average Bonchev–Trinajstić information content (AvgIpc) is 3.12. The van der Waals surface area contributed by atoms with Gasteiger partial charge in [0.25, 0.3) is 11.8 Å². The van der Waals surface area contributed by atoms with Crippen LogP contribution >= 0.6 is 12.2 Å². The second-order valence-electron chi connectivity index (χ2n) is 7.23. The molecular weight excluding hydrogens is 410 g/mol. The SMILES string of the molecule is COc1ccc(-n2c(C)ccc2/C=C2\C(=O)NC(=S)N(c3ccc(C)cc3)C2=O)cc1. The van der Waals surface area contributed by atoms with Gasteiger partial charge in [0.05, 0.1) is 12.8 Å². The maximum atomic E-state index is 13.3. The topological polar surface area (TPSA) is 63.6 Å². The molecule has 3 aromatic rings. The molecule has 4 rings (SSSR count). The highest BCUT2D eigenvalue weighted by Crippen LogP contribution is 2.25. The molecule has 1 aliphatic rings. The first kappa shape index (κ1) is 20.6. The number of methoxy groups -OCH3 is 1. The van der Waals surface area contributed by atoms with Crippen LogP contribution in [0.1, 0.15) is 17.0 Å². The van der Waals surface area contributed by atoms with Crippen LogP contribution in [0.4, 0.5) is 5.69 Å². The lowest BCUT2D eigenvalue weighted by Crippen LogP contribution is -2.54. The van der Waals surface area contributed by atoms with Gasteiger partial charge in [-0.3, -0.25) is 19.8 Å². The molecule has 2 amide bonds. The molecule has 0 unspecified atom stereocenters. The number of nitrogens with zero attached hydrogens (tertiary/aromatic N) is 2. The quantitative estimate of drug-likeness (QED) is 0.386. The van der Waals surface area contributed by atoms with Crippen LogP contribution in [0.3, 0.4) is 0 Å². The van der Waals surface area contributed by atoms with Crippen LogP contribution in [0, 0.1) is 13.8 Å². The molecule has 0 saturated carbocycles. The summed E-state index contributed by atoms with van der Waals surface area (Å²) in [6.07, 6.45) is 1.60. The van der Waals surface area contributed by atoms with E-state index in [0.29, 0.717) is 11.4 Å². The van der Waals surface area contributed by atoms with Crippen molar-refractivity contribution < 1.29 is 14.3 Å². The number of aryl methyl sites for hydroxylation is 2. The molecular formula is C24H21N3O3S. The molecule has 31 heavy (non-hydrogen) atoms. The fraction of sp³-hybridized carbons (Fsp3) is 0.125. The number of nitrogens with one attached hydrogen (secondary N) is 1. The Morgan fingerprint density at radius 1 is 0.903 bits per heavy atom. The summed E-state index contributed by atoms with van der Waals surface area (Å²) in [4.78, 5) is 27.2. The molecule has 0 aliphatic carbocycles. The Labute approximate surface area is 185 Å². The molecule has 6 nitrogen and oxygen atoms in total. The molecule has 2 heterocycles. The molecule has 0 atom stereocenters. The van der Waals surface area contributed by atoms with E-state index in [1.54, 1.807) is 25.3 Å². The molecule has 156 valence electrons. The van der Waals surface area contributed by atoms with Crippen molar-refractivity contribution in [2.75, 3.05) is 12.0 Å². The van der Waals surface area contributed by atoms with Gasteiger partial charge in [0, 0.05) is 17.1 Å². The summed E-state index contributed by atoms with van der Waals surface area (Å²) in [7, 11) is 1.61. The lowest BCUT2D eigenvalue weighted by Gasteiger charge is -2.29. The molecule has 1 aliphatic heterocycles. The van der Waals surface area contributed by atoms with Crippen LogP contribution in [0.15, 0.2) is 66.2 Å². The average molecular weight is 432 g/mol. The fourth-order valence-electron chi connectivity index (χ4n) is 3.49. The third-order valence-corrected chi connectivity index (χ3v) is 5.41. The first-order valence-corrected chi connectivity index (χ1v) is 10.1. The summed E-state index contributed by atoms with van der Waals surface area (Å²) >= 11 is 5.27. The minimum atomic E-state index is -0.515. The lowest BCUT2D eigenvalue weighted by molar-refractivity contribution is -0.122. The maximum Gasteiger partial charge on any atom is 0.270 e. The standard InChI is InChI=1S/C24H21N3O3S/c1-15-4-7-18(8-5-15)27-23(29)21(22(28)25-24(27)31)14-19-9-6-16(2)26(19)17-10-12-20(30-3)13-11-17/h4-14H,1-3H3,(H,25,28,31)/b21-14+. The van der Waals surface area contributed by atoms with Gasteiger partial charge in [-0.05, 0) is 80.7 Å². The summed E-state index contributed by atoms with van der Waals surface area (Å²) < 4.78 is 7.20. The number of carbonyl (C=O) groups excluding carboxylic acids is 2. The van der Waals surface area contributed by atoms with Crippen molar-refractivity contribution in [1.82, 2.24) is 9.88 Å². The van der Waals surface area contributed by atoms with Crippen LogP contribution < -0.4 is 15.0 Å².